The van der Waals surface area contributed by atoms with Crippen LogP contribution in [-0.4, -0.2) is 19.7 Å². The van der Waals surface area contributed by atoms with E-state index in [1.807, 2.05) is 12.1 Å². The lowest BCUT2D eigenvalue weighted by molar-refractivity contribution is 0.0252. The minimum absolute atomic E-state index is 0.183. The molecular weight excluding hydrogens is 377 g/mol. The van der Waals surface area contributed by atoms with Crippen molar-refractivity contribution in [3.8, 4) is 6.07 Å². The Morgan fingerprint density at radius 3 is 2.50 bits per heavy atom. The third kappa shape index (κ3) is 4.87. The molecule has 0 saturated heterocycles. The molecule has 2 nitrogen and oxygen atoms in total. The van der Waals surface area contributed by atoms with Crippen LogP contribution < -0.4 is 0 Å². The number of nitriles is 1. The molecule has 0 radical (unpaired) electrons. The van der Waals surface area contributed by atoms with Crippen LogP contribution in [0.5, 0.6) is 0 Å². The summed E-state index contributed by atoms with van der Waals surface area (Å²) in [6, 6.07) is 11.7. The second-order valence-electron chi connectivity index (χ2n) is 5.47. The van der Waals surface area contributed by atoms with Gasteiger partial charge in [0, 0.05) is 6.61 Å². The van der Waals surface area contributed by atoms with E-state index in [-0.39, 0.29) is 7.02 Å². The van der Waals surface area contributed by atoms with Gasteiger partial charge in [-0.25, -0.2) is 0 Å². The summed E-state index contributed by atoms with van der Waals surface area (Å²) in [5, 5.41) is 8.83. The monoisotopic (exact) mass is 399 g/mol. The van der Waals surface area contributed by atoms with E-state index in [4.69, 9.17) is 10.00 Å². The average molecular weight is 399 g/mol. The van der Waals surface area contributed by atoms with Crippen molar-refractivity contribution in [2.45, 2.75) is 50.2 Å². The van der Waals surface area contributed by atoms with Crippen LogP contribution in [0, 0.1) is 11.3 Å². The predicted molar refractivity (Wildman–Crippen MR) is 94.1 cm³/mol. The molecule has 1 saturated carbocycles. The summed E-state index contributed by atoms with van der Waals surface area (Å²) in [7, 11) is 0.183. The largest absolute Gasteiger partial charge is 0.378 e. The van der Waals surface area contributed by atoms with Crippen molar-refractivity contribution < 1.29 is 4.74 Å². The first-order valence-corrected chi connectivity index (χ1v) is 13.6. The van der Waals surface area contributed by atoms with Gasteiger partial charge in [0.25, 0.3) is 0 Å². The maximum absolute atomic E-state index is 8.83. The van der Waals surface area contributed by atoms with Gasteiger partial charge in [0.1, 0.15) is 0 Å². The molecule has 1 aliphatic carbocycles. The number of nitrogens with zero attached hydrogens (tertiary/aromatic N) is 1. The number of benzene rings is 1. The van der Waals surface area contributed by atoms with Crippen molar-refractivity contribution in [2.75, 3.05) is 6.61 Å². The van der Waals surface area contributed by atoms with Crippen molar-refractivity contribution in [3.63, 3.8) is 0 Å². The highest BCUT2D eigenvalue weighted by Crippen LogP contribution is 2.34. The van der Waals surface area contributed by atoms with Crippen LogP contribution in [-0.2, 0) is 4.74 Å². The summed E-state index contributed by atoms with van der Waals surface area (Å²) >= 11 is 2.56. The third-order valence-corrected chi connectivity index (χ3v) is 7.12. The first kappa shape index (κ1) is 16.0. The van der Waals surface area contributed by atoms with Crippen molar-refractivity contribution in [2.24, 2.45) is 0 Å². The highest BCUT2D eigenvalue weighted by Gasteiger charge is 2.22. The summed E-state index contributed by atoms with van der Waals surface area (Å²) in [6.45, 7) is 0.961. The van der Waals surface area contributed by atoms with Gasteiger partial charge in [-0.2, -0.15) is 5.26 Å². The molecule has 108 valence electrons. The second kappa shape index (κ2) is 8.80. The van der Waals surface area contributed by atoms with Gasteiger partial charge in [0.05, 0.1) is 24.8 Å². The van der Waals surface area contributed by atoms with Crippen LogP contribution >= 0.6 is 21.8 Å². The molecule has 0 amide bonds. The van der Waals surface area contributed by atoms with E-state index in [9.17, 15) is 0 Å². The number of halogens is 1. The van der Waals surface area contributed by atoms with Gasteiger partial charge in [-0.1, -0.05) is 18.2 Å². The molecule has 20 heavy (non-hydrogen) atoms. The Morgan fingerprint density at radius 2 is 1.90 bits per heavy atom. The summed E-state index contributed by atoms with van der Waals surface area (Å²) in [5.41, 5.74) is 2.14. The highest BCUT2D eigenvalue weighted by atomic mass is 127. The van der Waals surface area contributed by atoms with E-state index in [0.29, 0.717) is 12.0 Å². The fourth-order valence-electron chi connectivity index (χ4n) is 2.84. The molecule has 0 aromatic heterocycles. The smallest absolute Gasteiger partial charge is 0.0991 e. The molecule has 0 heterocycles. The SMILES string of the molecule is N#Cc1ccc(C2CCC(OCCC[SiH2]I)CC2)cc1. The summed E-state index contributed by atoms with van der Waals surface area (Å²) in [6.07, 6.45) is 6.55. The standard InChI is InChI=1S/C16H22INOSi/c17-20-11-1-10-19-16-8-6-15(7-9-16)14-4-2-13(12-18)3-5-14/h2-5,15-16H,1,6-11,20H2. The average Bonchev–Trinajstić information content (AvgIpc) is 2.52. The summed E-state index contributed by atoms with van der Waals surface area (Å²) < 4.78 is 5.98. The molecule has 1 fully saturated rings. The highest BCUT2D eigenvalue weighted by molar-refractivity contribution is 14.1. The Labute approximate surface area is 136 Å². The van der Waals surface area contributed by atoms with Gasteiger partial charge in [-0.05, 0) is 55.7 Å². The van der Waals surface area contributed by atoms with Crippen molar-refractivity contribution in [3.05, 3.63) is 35.4 Å². The van der Waals surface area contributed by atoms with Gasteiger partial charge in [0.2, 0.25) is 0 Å². The lowest BCUT2D eigenvalue weighted by Crippen LogP contribution is -2.21. The Balaban J connectivity index is 1.74. The molecule has 4 heteroatoms. The zero-order valence-corrected chi connectivity index (χ0v) is 15.4. The Hall–Kier alpha value is -0.383. The fourth-order valence-corrected chi connectivity index (χ4v) is 4.85. The molecule has 2 rings (SSSR count). The predicted octanol–water partition coefficient (Wildman–Crippen LogP) is 3.93. The molecule has 0 atom stereocenters. The zero-order valence-electron chi connectivity index (χ0n) is 11.9. The molecule has 0 aliphatic heterocycles. The van der Waals surface area contributed by atoms with Crippen molar-refractivity contribution >= 4 is 28.8 Å². The maximum atomic E-state index is 8.83. The van der Waals surface area contributed by atoms with Gasteiger partial charge < -0.3 is 4.74 Å². The van der Waals surface area contributed by atoms with Gasteiger partial charge in [-0.15, -0.1) is 21.8 Å². The summed E-state index contributed by atoms with van der Waals surface area (Å²) in [5.74, 6) is 0.657. The Bertz CT molecular complexity index is 435. The molecule has 0 spiro atoms. The zero-order chi connectivity index (χ0) is 14.2. The van der Waals surface area contributed by atoms with Crippen LogP contribution in [0.1, 0.15) is 49.1 Å². The van der Waals surface area contributed by atoms with Gasteiger partial charge in [0.15, 0.2) is 0 Å². The first-order chi connectivity index (χ1) is 9.83. The lowest BCUT2D eigenvalue weighted by Gasteiger charge is -2.29. The van der Waals surface area contributed by atoms with Crippen LogP contribution in [0.25, 0.3) is 0 Å². The quantitative estimate of drug-likeness (QED) is 0.314. The van der Waals surface area contributed by atoms with Gasteiger partial charge >= 0.3 is 0 Å². The fraction of sp³-hybridized carbons (Fsp3) is 0.562. The van der Waals surface area contributed by atoms with Crippen molar-refractivity contribution in [1.29, 1.82) is 5.26 Å². The van der Waals surface area contributed by atoms with Crippen molar-refractivity contribution in [1.82, 2.24) is 0 Å². The first-order valence-electron chi connectivity index (χ1n) is 7.51. The minimum Gasteiger partial charge on any atom is -0.378 e. The molecule has 0 bridgehead atoms. The molecular formula is C16H22INOSi. The van der Waals surface area contributed by atoms with Crippen LogP contribution in [0.4, 0.5) is 0 Å². The van der Waals surface area contributed by atoms with Gasteiger partial charge in [-0.3, -0.25) is 0 Å². The van der Waals surface area contributed by atoms with E-state index in [0.717, 1.165) is 12.2 Å². The molecule has 1 aromatic carbocycles. The van der Waals surface area contributed by atoms with Crippen LogP contribution in [0.15, 0.2) is 24.3 Å². The second-order valence-corrected chi connectivity index (χ2v) is 9.80. The van der Waals surface area contributed by atoms with E-state index in [2.05, 4.69) is 40.0 Å². The Kier molecular flexibility index (Phi) is 7.04. The number of rotatable bonds is 6. The van der Waals surface area contributed by atoms with E-state index >= 15 is 0 Å². The third-order valence-electron chi connectivity index (χ3n) is 4.07. The van der Waals surface area contributed by atoms with Crippen LogP contribution in [0.2, 0.25) is 6.04 Å². The normalized spacial score (nSPS) is 23.0. The number of ether oxygens (including phenoxy) is 1. The van der Waals surface area contributed by atoms with E-state index in [1.54, 1.807) is 0 Å². The Morgan fingerprint density at radius 1 is 1.20 bits per heavy atom. The van der Waals surface area contributed by atoms with E-state index in [1.165, 1.54) is 43.7 Å². The number of hydrogen-bond donors (Lipinski definition) is 0. The lowest BCUT2D eigenvalue weighted by atomic mass is 9.82. The maximum Gasteiger partial charge on any atom is 0.0991 e. The minimum atomic E-state index is 0.183. The summed E-state index contributed by atoms with van der Waals surface area (Å²) in [4.78, 5) is 0. The molecule has 1 aliphatic rings. The van der Waals surface area contributed by atoms with E-state index < -0.39 is 0 Å². The molecule has 1 aromatic rings. The molecule has 0 unspecified atom stereocenters. The topological polar surface area (TPSA) is 33.0 Å². The number of hydrogen-bond acceptors (Lipinski definition) is 2. The molecule has 0 N–H and O–H groups in total. The van der Waals surface area contributed by atoms with Crippen LogP contribution in [0.3, 0.4) is 0 Å².